The fraction of sp³-hybridized carbons (Fsp3) is 0.875. The van der Waals surface area contributed by atoms with Crippen LogP contribution in [0.5, 0.6) is 0 Å². The second-order valence-corrected chi connectivity index (χ2v) is 7.01. The van der Waals surface area contributed by atoms with E-state index in [0.29, 0.717) is 32.5 Å². The minimum atomic E-state index is -0.742. The van der Waals surface area contributed by atoms with E-state index in [9.17, 15) is 14.7 Å². The molecule has 0 aromatic rings. The van der Waals surface area contributed by atoms with Crippen molar-refractivity contribution in [1.82, 2.24) is 10.2 Å². The van der Waals surface area contributed by atoms with E-state index in [1.54, 1.807) is 0 Å². The molecule has 5 nitrogen and oxygen atoms in total. The maximum absolute atomic E-state index is 12.9. The van der Waals surface area contributed by atoms with Gasteiger partial charge in [0.05, 0.1) is 10.8 Å². The number of likely N-dealkylation sites (tertiary alicyclic amines) is 1. The van der Waals surface area contributed by atoms with Crippen molar-refractivity contribution in [2.75, 3.05) is 26.2 Å². The van der Waals surface area contributed by atoms with Crippen LogP contribution < -0.4 is 5.32 Å². The van der Waals surface area contributed by atoms with Gasteiger partial charge in [-0.2, -0.15) is 0 Å². The van der Waals surface area contributed by atoms with Gasteiger partial charge >= 0.3 is 5.97 Å². The average Bonchev–Trinajstić information content (AvgIpc) is 2.47. The molecule has 120 valence electrons. The molecule has 2 fully saturated rings. The Morgan fingerprint density at radius 2 is 2.05 bits per heavy atom. The van der Waals surface area contributed by atoms with Gasteiger partial charge in [-0.1, -0.05) is 13.3 Å². The molecule has 0 spiro atoms. The number of hydrogen-bond acceptors (Lipinski definition) is 3. The van der Waals surface area contributed by atoms with Crippen molar-refractivity contribution in [3.63, 3.8) is 0 Å². The standard InChI is InChI=1S/C16H28N2O3/c1-3-6-16(14(20)21)8-5-10-18(12-16)13(19)15(2)7-4-9-17-11-15/h17H,3-12H2,1-2H3,(H,20,21). The predicted octanol–water partition coefficient (Wildman–Crippen LogP) is 1.87. The number of carbonyl (C=O) groups excluding carboxylic acids is 1. The Labute approximate surface area is 127 Å². The third kappa shape index (κ3) is 3.23. The van der Waals surface area contributed by atoms with E-state index in [2.05, 4.69) is 5.32 Å². The van der Waals surface area contributed by atoms with Crippen LogP contribution in [-0.2, 0) is 9.59 Å². The number of aliphatic carboxylic acids is 1. The molecule has 2 N–H and O–H groups in total. The van der Waals surface area contributed by atoms with Crippen molar-refractivity contribution in [3.8, 4) is 0 Å². The first-order valence-corrected chi connectivity index (χ1v) is 8.17. The van der Waals surface area contributed by atoms with Gasteiger partial charge < -0.3 is 15.3 Å². The summed E-state index contributed by atoms with van der Waals surface area (Å²) in [5.74, 6) is -0.607. The second kappa shape index (κ2) is 6.34. The maximum atomic E-state index is 12.9. The fourth-order valence-corrected chi connectivity index (χ4v) is 3.89. The summed E-state index contributed by atoms with van der Waals surface area (Å²) in [6.45, 7) is 6.78. The first kappa shape index (κ1) is 16.3. The number of carbonyl (C=O) groups is 2. The van der Waals surface area contributed by atoms with Crippen LogP contribution in [0.2, 0.25) is 0 Å². The topological polar surface area (TPSA) is 69.6 Å². The predicted molar refractivity (Wildman–Crippen MR) is 81.0 cm³/mol. The molecular weight excluding hydrogens is 268 g/mol. The summed E-state index contributed by atoms with van der Waals surface area (Å²) in [5, 5.41) is 12.9. The van der Waals surface area contributed by atoms with Crippen LogP contribution >= 0.6 is 0 Å². The summed E-state index contributed by atoms with van der Waals surface area (Å²) in [4.78, 5) is 26.4. The highest BCUT2D eigenvalue weighted by molar-refractivity contribution is 5.84. The summed E-state index contributed by atoms with van der Waals surface area (Å²) >= 11 is 0. The Balaban J connectivity index is 2.12. The molecule has 1 amide bonds. The summed E-state index contributed by atoms with van der Waals surface area (Å²) in [6, 6.07) is 0. The minimum absolute atomic E-state index is 0.135. The highest BCUT2D eigenvalue weighted by atomic mass is 16.4. The van der Waals surface area contributed by atoms with Crippen molar-refractivity contribution in [3.05, 3.63) is 0 Å². The number of piperidine rings is 2. The minimum Gasteiger partial charge on any atom is -0.481 e. The number of carboxylic acid groups (broad SMARTS) is 1. The Morgan fingerprint density at radius 1 is 1.29 bits per heavy atom. The first-order valence-electron chi connectivity index (χ1n) is 8.17. The molecular formula is C16H28N2O3. The van der Waals surface area contributed by atoms with Gasteiger partial charge in [-0.15, -0.1) is 0 Å². The fourth-order valence-electron chi connectivity index (χ4n) is 3.89. The zero-order chi connectivity index (χ0) is 15.5. The van der Waals surface area contributed by atoms with E-state index >= 15 is 0 Å². The van der Waals surface area contributed by atoms with Crippen molar-refractivity contribution in [2.24, 2.45) is 10.8 Å². The Bertz CT molecular complexity index is 400. The van der Waals surface area contributed by atoms with E-state index in [4.69, 9.17) is 0 Å². The Kier molecular flexibility index (Phi) is 4.91. The van der Waals surface area contributed by atoms with Crippen LogP contribution in [0.25, 0.3) is 0 Å². The molecule has 2 saturated heterocycles. The van der Waals surface area contributed by atoms with E-state index in [1.807, 2.05) is 18.7 Å². The van der Waals surface area contributed by atoms with Crippen molar-refractivity contribution in [1.29, 1.82) is 0 Å². The number of nitrogens with zero attached hydrogens (tertiary/aromatic N) is 1. The highest BCUT2D eigenvalue weighted by Crippen LogP contribution is 2.37. The summed E-state index contributed by atoms with van der Waals surface area (Å²) in [5.41, 5.74) is -1.10. The largest absolute Gasteiger partial charge is 0.481 e. The van der Waals surface area contributed by atoms with Crippen LogP contribution in [-0.4, -0.2) is 48.1 Å². The number of nitrogens with one attached hydrogen (secondary N) is 1. The van der Waals surface area contributed by atoms with Gasteiger partial charge in [0, 0.05) is 19.6 Å². The third-order valence-corrected chi connectivity index (χ3v) is 5.16. The molecule has 0 aromatic carbocycles. The number of hydrogen-bond donors (Lipinski definition) is 2. The lowest BCUT2D eigenvalue weighted by Crippen LogP contribution is -2.56. The molecule has 2 heterocycles. The third-order valence-electron chi connectivity index (χ3n) is 5.16. The number of rotatable bonds is 4. The van der Waals surface area contributed by atoms with Gasteiger partial charge in [-0.3, -0.25) is 9.59 Å². The molecule has 2 unspecified atom stereocenters. The van der Waals surface area contributed by atoms with E-state index in [0.717, 1.165) is 32.2 Å². The van der Waals surface area contributed by atoms with E-state index < -0.39 is 11.4 Å². The molecule has 0 aliphatic carbocycles. The van der Waals surface area contributed by atoms with Gasteiger partial charge in [0.15, 0.2) is 0 Å². The Hall–Kier alpha value is -1.10. The van der Waals surface area contributed by atoms with Gasteiger partial charge in [-0.05, 0) is 45.6 Å². The highest BCUT2D eigenvalue weighted by Gasteiger charge is 2.46. The van der Waals surface area contributed by atoms with Gasteiger partial charge in [0.2, 0.25) is 5.91 Å². The van der Waals surface area contributed by atoms with Crippen molar-refractivity contribution < 1.29 is 14.7 Å². The summed E-state index contributed by atoms with van der Waals surface area (Å²) in [7, 11) is 0. The van der Waals surface area contributed by atoms with Crippen LogP contribution in [0, 0.1) is 10.8 Å². The quantitative estimate of drug-likeness (QED) is 0.831. The SMILES string of the molecule is CCCC1(C(=O)O)CCCN(C(=O)C2(C)CCCNC2)C1. The number of carboxylic acids is 1. The molecule has 0 aromatic heterocycles. The average molecular weight is 296 g/mol. The monoisotopic (exact) mass is 296 g/mol. The lowest BCUT2D eigenvalue weighted by atomic mass is 9.74. The second-order valence-electron chi connectivity index (χ2n) is 7.01. The van der Waals surface area contributed by atoms with Gasteiger partial charge in [0.25, 0.3) is 0 Å². The van der Waals surface area contributed by atoms with Gasteiger partial charge in [-0.25, -0.2) is 0 Å². The normalized spacial score (nSPS) is 33.7. The zero-order valence-corrected chi connectivity index (χ0v) is 13.3. The van der Waals surface area contributed by atoms with Crippen molar-refractivity contribution >= 4 is 11.9 Å². The smallest absolute Gasteiger partial charge is 0.311 e. The molecule has 2 aliphatic heterocycles. The van der Waals surface area contributed by atoms with Crippen LogP contribution in [0.1, 0.15) is 52.4 Å². The van der Waals surface area contributed by atoms with Crippen LogP contribution in [0.4, 0.5) is 0 Å². The lowest BCUT2D eigenvalue weighted by Gasteiger charge is -2.44. The van der Waals surface area contributed by atoms with Gasteiger partial charge in [0.1, 0.15) is 0 Å². The molecule has 2 rings (SSSR count). The van der Waals surface area contributed by atoms with Crippen LogP contribution in [0.3, 0.4) is 0 Å². The molecule has 5 heteroatoms. The molecule has 0 bridgehead atoms. The van der Waals surface area contributed by atoms with E-state index in [1.165, 1.54) is 0 Å². The summed E-state index contributed by atoms with van der Waals surface area (Å²) in [6.07, 6.45) is 4.88. The first-order chi connectivity index (χ1) is 9.93. The maximum Gasteiger partial charge on any atom is 0.311 e. The molecule has 21 heavy (non-hydrogen) atoms. The Morgan fingerprint density at radius 3 is 2.62 bits per heavy atom. The van der Waals surface area contributed by atoms with Crippen molar-refractivity contribution in [2.45, 2.75) is 52.4 Å². The molecule has 0 saturated carbocycles. The summed E-state index contributed by atoms with van der Waals surface area (Å²) < 4.78 is 0. The zero-order valence-electron chi connectivity index (χ0n) is 13.3. The lowest BCUT2D eigenvalue weighted by molar-refractivity contribution is -0.158. The van der Waals surface area contributed by atoms with E-state index in [-0.39, 0.29) is 11.3 Å². The molecule has 0 radical (unpaired) electrons. The molecule has 2 atom stereocenters. The number of amides is 1. The van der Waals surface area contributed by atoms with Crippen LogP contribution in [0.15, 0.2) is 0 Å². The molecule has 2 aliphatic rings.